The van der Waals surface area contributed by atoms with E-state index in [0.717, 1.165) is 0 Å². The van der Waals surface area contributed by atoms with Crippen LogP contribution in [0.2, 0.25) is 5.02 Å². The van der Waals surface area contributed by atoms with Crippen molar-refractivity contribution in [3.05, 3.63) is 68.5 Å². The van der Waals surface area contributed by atoms with Crippen molar-refractivity contribution in [3.8, 4) is 5.75 Å². The minimum absolute atomic E-state index is 0.0740. The summed E-state index contributed by atoms with van der Waals surface area (Å²) in [5.41, 5.74) is -2.03. The Bertz CT molecular complexity index is 1270. The van der Waals surface area contributed by atoms with Crippen LogP contribution in [0.15, 0.2) is 41.2 Å². The van der Waals surface area contributed by atoms with Crippen LogP contribution < -0.4 is 10.9 Å². The summed E-state index contributed by atoms with van der Waals surface area (Å²) in [6.07, 6.45) is -4.98. The summed E-state index contributed by atoms with van der Waals surface area (Å²) in [5.74, 6) is -2.26. The number of aromatic nitrogens is 1. The number of fused-ring (bicyclic) bond motifs is 2. The number of aliphatic hydroxyl groups is 1. The zero-order valence-electron chi connectivity index (χ0n) is 17.5. The second-order valence-corrected chi connectivity index (χ2v) is 8.81. The molecule has 0 bridgehead atoms. The Balaban J connectivity index is 2.00. The molecule has 1 aliphatic carbocycles. The maximum Gasteiger partial charge on any atom is 0.419 e. The van der Waals surface area contributed by atoms with Crippen LogP contribution in [0.5, 0.6) is 5.75 Å². The van der Waals surface area contributed by atoms with Gasteiger partial charge in [-0.3, -0.25) is 4.79 Å². The number of hydrogen-bond acceptors (Lipinski definition) is 4. The second kappa shape index (κ2) is 7.42. The summed E-state index contributed by atoms with van der Waals surface area (Å²) in [6.45, 7) is 4.45. The number of pyridine rings is 1. The van der Waals surface area contributed by atoms with E-state index in [1.165, 1.54) is 25.1 Å². The molecule has 1 heterocycles. The van der Waals surface area contributed by atoms with Gasteiger partial charge in [-0.05, 0) is 42.7 Å². The molecule has 0 aliphatic heterocycles. The molecule has 4 N–H and O–H groups in total. The van der Waals surface area contributed by atoms with Gasteiger partial charge in [0.2, 0.25) is 5.56 Å². The average molecular weight is 467 g/mol. The molecule has 1 aliphatic rings. The summed E-state index contributed by atoms with van der Waals surface area (Å²) < 4.78 is 43.2. The number of anilines is 1. The largest absolute Gasteiger partial charge is 0.507 e. The molecule has 5 nitrogen and oxygen atoms in total. The van der Waals surface area contributed by atoms with E-state index < -0.39 is 29.7 Å². The second-order valence-electron chi connectivity index (χ2n) is 8.40. The number of halogens is 4. The predicted molar refractivity (Wildman–Crippen MR) is 117 cm³/mol. The number of hydrogen-bond donors (Lipinski definition) is 4. The molecule has 4 unspecified atom stereocenters. The highest BCUT2D eigenvalue weighted by Crippen LogP contribution is 2.58. The topological polar surface area (TPSA) is 85.3 Å². The van der Waals surface area contributed by atoms with Gasteiger partial charge < -0.3 is 20.5 Å². The van der Waals surface area contributed by atoms with E-state index in [0.29, 0.717) is 22.0 Å². The Hall–Kier alpha value is -2.71. The van der Waals surface area contributed by atoms with E-state index in [1.807, 2.05) is 0 Å². The van der Waals surface area contributed by atoms with Crippen LogP contribution >= 0.6 is 11.6 Å². The number of rotatable bonds is 2. The zero-order valence-corrected chi connectivity index (χ0v) is 18.3. The first-order valence-corrected chi connectivity index (χ1v) is 10.4. The third-order valence-electron chi connectivity index (χ3n) is 6.73. The predicted octanol–water partition coefficient (Wildman–Crippen LogP) is 5.40. The molecule has 4 atom stereocenters. The fraction of sp³-hybridized carbons (Fsp3) is 0.348. The van der Waals surface area contributed by atoms with Crippen molar-refractivity contribution in [2.45, 2.75) is 44.5 Å². The molecule has 0 saturated carbocycles. The molecule has 0 spiro atoms. The number of aromatic hydroxyl groups is 1. The first-order valence-electron chi connectivity index (χ1n) is 10.1. The highest BCUT2D eigenvalue weighted by molar-refractivity contribution is 6.31. The molecule has 0 fully saturated rings. The molecular weight excluding hydrogens is 445 g/mol. The van der Waals surface area contributed by atoms with Crippen molar-refractivity contribution in [1.29, 1.82) is 0 Å². The van der Waals surface area contributed by atoms with Gasteiger partial charge >= 0.3 is 6.18 Å². The number of H-pyrrole nitrogens is 1. The SMILES string of the molecule is Cc1c(Cl)cc2c(c1O)C(C)C(C)C(O)(C(F)(F)F)C2Nc1cccc2[nH]c(=O)ccc12. The lowest BCUT2D eigenvalue weighted by Gasteiger charge is -2.49. The molecule has 3 aromatic rings. The monoisotopic (exact) mass is 466 g/mol. The summed E-state index contributed by atoms with van der Waals surface area (Å²) in [4.78, 5) is 14.3. The van der Waals surface area contributed by atoms with E-state index in [-0.39, 0.29) is 27.6 Å². The lowest BCUT2D eigenvalue weighted by Crippen LogP contribution is -2.60. The Morgan fingerprint density at radius 3 is 2.53 bits per heavy atom. The molecule has 1 aromatic heterocycles. The van der Waals surface area contributed by atoms with Gasteiger partial charge in [0.15, 0.2) is 5.60 Å². The van der Waals surface area contributed by atoms with Crippen LogP contribution in [0.3, 0.4) is 0 Å². The van der Waals surface area contributed by atoms with E-state index >= 15 is 0 Å². The van der Waals surface area contributed by atoms with E-state index in [1.54, 1.807) is 32.0 Å². The summed E-state index contributed by atoms with van der Waals surface area (Å²) >= 11 is 6.23. The number of alkyl halides is 3. The van der Waals surface area contributed by atoms with E-state index in [4.69, 9.17) is 11.6 Å². The zero-order chi connectivity index (χ0) is 23.6. The molecule has 2 aromatic carbocycles. The van der Waals surface area contributed by atoms with Gasteiger partial charge in [-0.2, -0.15) is 13.2 Å². The number of benzene rings is 2. The van der Waals surface area contributed by atoms with Crippen LogP contribution in [0.1, 0.15) is 42.5 Å². The number of phenols is 1. The highest BCUT2D eigenvalue weighted by atomic mass is 35.5. The third-order valence-corrected chi connectivity index (χ3v) is 7.12. The minimum Gasteiger partial charge on any atom is -0.507 e. The van der Waals surface area contributed by atoms with Crippen LogP contribution in [-0.2, 0) is 0 Å². The maximum atomic E-state index is 14.4. The Kier molecular flexibility index (Phi) is 5.21. The molecular formula is C23H22ClF3N2O3. The maximum absolute atomic E-state index is 14.4. The number of aromatic amines is 1. The minimum atomic E-state index is -4.98. The van der Waals surface area contributed by atoms with Crippen molar-refractivity contribution in [2.24, 2.45) is 5.92 Å². The van der Waals surface area contributed by atoms with Crippen LogP contribution in [0, 0.1) is 12.8 Å². The Morgan fingerprint density at radius 2 is 1.88 bits per heavy atom. The van der Waals surface area contributed by atoms with Gasteiger partial charge in [-0.25, -0.2) is 0 Å². The molecule has 170 valence electrons. The smallest absolute Gasteiger partial charge is 0.419 e. The van der Waals surface area contributed by atoms with Crippen LogP contribution in [-0.4, -0.2) is 27.0 Å². The average Bonchev–Trinajstić information content (AvgIpc) is 2.72. The Labute approximate surface area is 186 Å². The Morgan fingerprint density at radius 1 is 1.19 bits per heavy atom. The standard InChI is InChI=1S/C23H22ClF3N2O3/c1-10-12(3)22(32,23(25,26)27)21(14-9-15(24)11(2)20(31)19(10)14)29-17-6-4-5-16-13(17)7-8-18(30)28-16/h4-10,12,21,29,31-32H,1-3H3,(H,28,30). The van der Waals surface area contributed by atoms with Crippen LogP contribution in [0.4, 0.5) is 18.9 Å². The van der Waals surface area contributed by atoms with Gasteiger partial charge in [0.05, 0.1) is 11.6 Å². The molecule has 4 rings (SSSR count). The fourth-order valence-corrected chi connectivity index (χ4v) is 4.91. The quantitative estimate of drug-likeness (QED) is 0.407. The van der Waals surface area contributed by atoms with Gasteiger partial charge in [-0.1, -0.05) is 31.5 Å². The van der Waals surface area contributed by atoms with Gasteiger partial charge in [0, 0.05) is 39.2 Å². The van der Waals surface area contributed by atoms with Gasteiger partial charge in [0.25, 0.3) is 0 Å². The normalized spacial score (nSPS) is 25.6. The highest BCUT2D eigenvalue weighted by Gasteiger charge is 2.66. The van der Waals surface area contributed by atoms with Crippen molar-refractivity contribution >= 4 is 28.2 Å². The molecule has 0 radical (unpaired) electrons. The molecule has 9 heteroatoms. The molecule has 32 heavy (non-hydrogen) atoms. The van der Waals surface area contributed by atoms with Crippen molar-refractivity contribution in [2.75, 3.05) is 5.32 Å². The van der Waals surface area contributed by atoms with Crippen LogP contribution in [0.25, 0.3) is 10.9 Å². The van der Waals surface area contributed by atoms with Crippen molar-refractivity contribution in [3.63, 3.8) is 0 Å². The van der Waals surface area contributed by atoms with E-state index in [9.17, 15) is 28.2 Å². The molecule has 0 amide bonds. The first-order chi connectivity index (χ1) is 14.9. The third kappa shape index (κ3) is 3.16. The molecule has 0 saturated heterocycles. The summed E-state index contributed by atoms with van der Waals surface area (Å²) in [7, 11) is 0. The lowest BCUT2D eigenvalue weighted by atomic mass is 9.64. The van der Waals surface area contributed by atoms with Crippen molar-refractivity contribution in [1.82, 2.24) is 4.98 Å². The van der Waals surface area contributed by atoms with E-state index in [2.05, 4.69) is 10.3 Å². The fourth-order valence-electron chi connectivity index (χ4n) is 4.70. The van der Waals surface area contributed by atoms with Crippen molar-refractivity contribution < 1.29 is 23.4 Å². The van der Waals surface area contributed by atoms with Gasteiger partial charge in [-0.15, -0.1) is 0 Å². The summed E-state index contributed by atoms with van der Waals surface area (Å²) in [5, 5.41) is 25.4. The van der Waals surface area contributed by atoms with Gasteiger partial charge in [0.1, 0.15) is 5.75 Å². The number of phenolic OH excluding ortho intramolecular Hbond substituents is 1. The lowest BCUT2D eigenvalue weighted by molar-refractivity contribution is -0.289. The first kappa shape index (κ1) is 22.5. The number of nitrogens with one attached hydrogen (secondary N) is 2. The summed E-state index contributed by atoms with van der Waals surface area (Å²) in [6, 6.07) is 7.26.